The van der Waals surface area contributed by atoms with Gasteiger partial charge in [0.1, 0.15) is 30.8 Å². The number of aromatic nitrogens is 1. The Morgan fingerprint density at radius 3 is 2.37 bits per heavy atom. The van der Waals surface area contributed by atoms with E-state index in [2.05, 4.69) is 18.8 Å². The molecule has 1 aromatic heterocycles. The number of cyclic esters (lactones) is 1. The van der Waals surface area contributed by atoms with Gasteiger partial charge in [-0.1, -0.05) is 27.7 Å². The van der Waals surface area contributed by atoms with Gasteiger partial charge in [0.25, 0.3) is 0 Å². The number of nitrogens with zero attached hydrogens (tertiary/aromatic N) is 5. The van der Waals surface area contributed by atoms with Crippen LogP contribution in [0.15, 0.2) is 29.5 Å². The number of likely N-dealkylation sites (N-methyl/N-ethyl adjacent to an activating group) is 1. The van der Waals surface area contributed by atoms with E-state index in [1.807, 2.05) is 63.8 Å². The molecule has 14 nitrogen and oxygen atoms in total. The Morgan fingerprint density at radius 2 is 1.74 bits per heavy atom. The molecule has 54 heavy (non-hydrogen) atoms. The van der Waals surface area contributed by atoms with Gasteiger partial charge in [0.15, 0.2) is 17.7 Å². The first-order chi connectivity index (χ1) is 25.5. The zero-order valence-electron chi connectivity index (χ0n) is 34.1. The van der Waals surface area contributed by atoms with Crippen molar-refractivity contribution < 1.29 is 43.2 Å². The van der Waals surface area contributed by atoms with E-state index in [4.69, 9.17) is 28.7 Å². The van der Waals surface area contributed by atoms with Crippen molar-refractivity contribution >= 4 is 23.6 Å². The maximum atomic E-state index is 14.3. The second-order valence-corrected chi connectivity index (χ2v) is 16.5. The Morgan fingerprint density at radius 1 is 1.06 bits per heavy atom. The van der Waals surface area contributed by atoms with Crippen LogP contribution in [-0.4, -0.2) is 137 Å². The molecule has 3 saturated heterocycles. The number of ketones is 1. The highest BCUT2D eigenvalue weighted by atomic mass is 16.7. The van der Waals surface area contributed by atoms with Crippen LogP contribution in [0.2, 0.25) is 0 Å². The summed E-state index contributed by atoms with van der Waals surface area (Å²) in [6.45, 7) is 15.7. The van der Waals surface area contributed by atoms with Crippen molar-refractivity contribution in [3.8, 4) is 0 Å². The van der Waals surface area contributed by atoms with Crippen LogP contribution in [-0.2, 0) is 39.7 Å². The molecule has 13 atom stereocenters. The molecule has 5 rings (SSSR count). The Bertz CT molecular complexity index is 1510. The number of rotatable bonds is 9. The standard InChI is InChI=1S/C40H63N5O9/c1-12-30-40(8)34-25(4)31(42-22-44(45(34)38(49)54-40)19-13-14-28-15-17-41-18-16-28)23(2)21-39(7,50-11)35(26(5)32(46)27(6)36(48)52-30)53-37-33(47)29(43(9)10)20-24(3)51-37/h15-18,23-27,29-30,33-35,37,47H,12-14,19-22H2,1-11H3/t23-,24-,25-,26+,27?,29+,30+,33-,34-,35-,37+,39+,40-/m1/s1. The first-order valence-corrected chi connectivity index (χ1v) is 19.6. The molecule has 14 heteroatoms. The number of pyridine rings is 1. The molecule has 0 saturated carbocycles. The lowest BCUT2D eigenvalue weighted by Crippen LogP contribution is -2.61. The highest BCUT2D eigenvalue weighted by Crippen LogP contribution is 2.45. The maximum absolute atomic E-state index is 14.3. The van der Waals surface area contributed by atoms with Crippen molar-refractivity contribution in [1.29, 1.82) is 0 Å². The SMILES string of the molecule is CC[C@@H]1OC(=O)C(C)C(=O)[C@H](C)[C@@H](O[C@@H]2O[C@H](C)C[C@H](N(C)C)[C@H]2O)[C@@](C)(OC)C[C@@H](C)C2=NCN(CCCc3ccncc3)N3C(=O)O[C@@]1(C)[C@H]3[C@@H]2C. The van der Waals surface area contributed by atoms with Crippen LogP contribution in [0, 0.1) is 23.7 Å². The normalized spacial score (nSPS) is 39.8. The Labute approximate surface area is 320 Å². The number of hydrazine groups is 1. The molecular weight excluding hydrogens is 694 g/mol. The summed E-state index contributed by atoms with van der Waals surface area (Å²) in [7, 11) is 5.39. The van der Waals surface area contributed by atoms with Crippen LogP contribution in [0.5, 0.6) is 0 Å². The van der Waals surface area contributed by atoms with Gasteiger partial charge in [0.05, 0.1) is 17.8 Å². The van der Waals surface area contributed by atoms with E-state index in [0.717, 1.165) is 24.1 Å². The fourth-order valence-corrected chi connectivity index (χ4v) is 9.37. The summed E-state index contributed by atoms with van der Waals surface area (Å²) in [6, 6.07) is 3.16. The average Bonchev–Trinajstić information content (AvgIpc) is 3.31. The van der Waals surface area contributed by atoms with Crippen LogP contribution in [0.3, 0.4) is 0 Å². The molecule has 3 fully saturated rings. The van der Waals surface area contributed by atoms with E-state index in [9.17, 15) is 19.5 Å². The number of aliphatic hydroxyl groups excluding tert-OH is 1. The molecule has 0 radical (unpaired) electrons. The summed E-state index contributed by atoms with van der Waals surface area (Å²) < 4.78 is 31.7. The van der Waals surface area contributed by atoms with Gasteiger partial charge in [-0.05, 0) is 97.5 Å². The molecule has 1 unspecified atom stereocenters. The van der Waals surface area contributed by atoms with Gasteiger partial charge in [-0.3, -0.25) is 19.6 Å². The molecule has 0 spiro atoms. The number of carbonyl (C=O) groups is 3. The number of carbonyl (C=O) groups excluding carboxylic acids is 3. The summed E-state index contributed by atoms with van der Waals surface area (Å²) in [5, 5.41) is 15.1. The molecule has 302 valence electrons. The van der Waals surface area contributed by atoms with E-state index >= 15 is 0 Å². The molecule has 5 heterocycles. The quantitative estimate of drug-likeness (QED) is 0.283. The molecule has 4 aliphatic rings. The van der Waals surface area contributed by atoms with Crippen molar-refractivity contribution in [3.63, 3.8) is 0 Å². The van der Waals surface area contributed by atoms with Gasteiger partial charge < -0.3 is 33.7 Å². The van der Waals surface area contributed by atoms with Gasteiger partial charge in [-0.15, -0.1) is 0 Å². The number of ether oxygens (including phenoxy) is 5. The second kappa shape index (κ2) is 17.0. The number of hydrogen-bond donors (Lipinski definition) is 1. The molecular formula is C40H63N5O9. The lowest BCUT2D eigenvalue weighted by molar-refractivity contribution is -0.295. The monoisotopic (exact) mass is 757 g/mol. The van der Waals surface area contributed by atoms with Crippen molar-refractivity contribution in [2.75, 3.05) is 34.4 Å². The van der Waals surface area contributed by atoms with Gasteiger partial charge in [0, 0.05) is 49.6 Å². The number of aryl methyl sites for hydroxylation is 1. The van der Waals surface area contributed by atoms with Gasteiger partial charge in [-0.25, -0.2) is 9.80 Å². The van der Waals surface area contributed by atoms with E-state index in [0.29, 0.717) is 25.8 Å². The second-order valence-electron chi connectivity index (χ2n) is 16.5. The number of amides is 1. The summed E-state index contributed by atoms with van der Waals surface area (Å²) in [5.41, 5.74) is -0.368. The summed E-state index contributed by atoms with van der Waals surface area (Å²) in [5.74, 6) is -3.68. The van der Waals surface area contributed by atoms with Gasteiger partial charge in [0.2, 0.25) is 0 Å². The molecule has 1 aromatic rings. The molecule has 4 aliphatic heterocycles. The number of aliphatic hydroxyl groups is 1. The number of Topliss-reactive ketones (excluding diaryl/α,β-unsaturated/α-hetero) is 1. The van der Waals surface area contributed by atoms with Gasteiger partial charge >= 0.3 is 12.1 Å². The zero-order chi connectivity index (χ0) is 39.7. The largest absolute Gasteiger partial charge is 0.458 e. The molecule has 0 aromatic carbocycles. The fraction of sp³-hybridized carbons (Fsp3) is 0.775. The van der Waals surface area contributed by atoms with Crippen LogP contribution in [0.4, 0.5) is 4.79 Å². The third-order valence-electron chi connectivity index (χ3n) is 12.4. The van der Waals surface area contributed by atoms with E-state index in [1.54, 1.807) is 38.4 Å². The van der Waals surface area contributed by atoms with Crippen molar-refractivity contribution in [3.05, 3.63) is 30.1 Å². The van der Waals surface area contributed by atoms with Gasteiger partial charge in [-0.2, -0.15) is 5.01 Å². The third kappa shape index (κ3) is 8.24. The highest BCUT2D eigenvalue weighted by molar-refractivity contribution is 6.00. The first kappa shape index (κ1) is 42.1. The number of aliphatic imine (C=N–C) groups is 1. The lowest BCUT2D eigenvalue weighted by Gasteiger charge is -2.47. The van der Waals surface area contributed by atoms with Crippen LogP contribution in [0.1, 0.15) is 86.6 Å². The molecule has 1 amide bonds. The maximum Gasteiger partial charge on any atom is 0.425 e. The number of esters is 1. The summed E-state index contributed by atoms with van der Waals surface area (Å²) >= 11 is 0. The minimum atomic E-state index is -1.25. The number of methoxy groups -OCH3 is 1. The van der Waals surface area contributed by atoms with E-state index in [1.165, 1.54) is 0 Å². The minimum Gasteiger partial charge on any atom is -0.458 e. The predicted molar refractivity (Wildman–Crippen MR) is 201 cm³/mol. The van der Waals surface area contributed by atoms with Crippen LogP contribution < -0.4 is 0 Å². The van der Waals surface area contributed by atoms with E-state index < -0.39 is 71.5 Å². The minimum absolute atomic E-state index is 0.217. The predicted octanol–water partition coefficient (Wildman–Crippen LogP) is 4.28. The zero-order valence-corrected chi connectivity index (χ0v) is 34.1. The number of fused-ring (bicyclic) bond motifs is 1. The highest BCUT2D eigenvalue weighted by Gasteiger charge is 2.62. The fourth-order valence-electron chi connectivity index (χ4n) is 9.37. The topological polar surface area (TPSA) is 153 Å². The smallest absolute Gasteiger partial charge is 0.425 e. The molecule has 0 aliphatic carbocycles. The Kier molecular flexibility index (Phi) is 13.3. The molecule has 2 bridgehead atoms. The summed E-state index contributed by atoms with van der Waals surface area (Å²) in [4.78, 5) is 53.6. The molecule has 1 N–H and O–H groups in total. The van der Waals surface area contributed by atoms with Crippen molar-refractivity contribution in [2.24, 2.45) is 28.7 Å². The Hall–Kier alpha value is -3.01. The third-order valence-corrected chi connectivity index (χ3v) is 12.4. The van der Waals surface area contributed by atoms with Crippen molar-refractivity contribution in [1.82, 2.24) is 19.9 Å². The summed E-state index contributed by atoms with van der Waals surface area (Å²) in [6.07, 6.45) is 1.83. The van der Waals surface area contributed by atoms with Crippen LogP contribution >= 0.6 is 0 Å². The first-order valence-electron chi connectivity index (χ1n) is 19.6. The van der Waals surface area contributed by atoms with Crippen molar-refractivity contribution in [2.45, 2.75) is 141 Å². The van der Waals surface area contributed by atoms with E-state index in [-0.39, 0.29) is 30.7 Å². The lowest BCUT2D eigenvalue weighted by atomic mass is 9.73. The average molecular weight is 758 g/mol. The number of hydrogen-bond acceptors (Lipinski definition) is 13. The Balaban J connectivity index is 1.57. The van der Waals surface area contributed by atoms with Crippen LogP contribution in [0.25, 0.3) is 0 Å².